The van der Waals surface area contributed by atoms with Crippen LogP contribution in [0.15, 0.2) is 24.3 Å². The lowest BCUT2D eigenvalue weighted by Gasteiger charge is -2.20. The van der Waals surface area contributed by atoms with E-state index in [2.05, 4.69) is 25.2 Å². The summed E-state index contributed by atoms with van der Waals surface area (Å²) in [6.07, 6.45) is 4.41. The second kappa shape index (κ2) is 10.2. The summed E-state index contributed by atoms with van der Waals surface area (Å²) in [7, 11) is 0. The molecule has 0 saturated carbocycles. The number of benzene rings is 1. The molecule has 0 saturated heterocycles. The average Bonchev–Trinajstić information content (AvgIpc) is 2.43. The third kappa shape index (κ3) is 6.42. The van der Waals surface area contributed by atoms with E-state index < -0.39 is 0 Å². The number of unbranched alkanes of at least 4 members (excludes halogenated alkanes) is 1. The van der Waals surface area contributed by atoms with Gasteiger partial charge in [0, 0.05) is 24.3 Å². The Labute approximate surface area is 122 Å². The van der Waals surface area contributed by atoms with E-state index in [4.69, 9.17) is 16.3 Å². The number of halogens is 1. The third-order valence-corrected chi connectivity index (χ3v) is 3.46. The third-order valence-electron chi connectivity index (χ3n) is 3.11. The highest BCUT2D eigenvalue weighted by atomic mass is 35.5. The van der Waals surface area contributed by atoms with Gasteiger partial charge in [-0.15, -0.1) is 0 Å². The zero-order valence-electron chi connectivity index (χ0n) is 12.1. The lowest BCUT2D eigenvalue weighted by atomic mass is 10.0. The van der Waals surface area contributed by atoms with E-state index in [1.54, 1.807) is 0 Å². The van der Waals surface area contributed by atoms with Gasteiger partial charge in [-0.2, -0.15) is 0 Å². The molecule has 0 aliphatic carbocycles. The molecule has 0 fully saturated rings. The van der Waals surface area contributed by atoms with Gasteiger partial charge < -0.3 is 10.1 Å². The minimum Gasteiger partial charge on any atom is -0.381 e. The molecule has 1 N–H and O–H groups in total. The van der Waals surface area contributed by atoms with Gasteiger partial charge in [-0.25, -0.2) is 0 Å². The molecule has 3 heteroatoms. The van der Waals surface area contributed by atoms with Crippen molar-refractivity contribution in [1.29, 1.82) is 0 Å². The van der Waals surface area contributed by atoms with Crippen molar-refractivity contribution in [1.82, 2.24) is 5.32 Å². The molecule has 108 valence electrons. The van der Waals surface area contributed by atoms with E-state index in [1.165, 1.54) is 12.0 Å². The first-order valence-electron chi connectivity index (χ1n) is 7.35. The fourth-order valence-electron chi connectivity index (χ4n) is 1.99. The summed E-state index contributed by atoms with van der Waals surface area (Å²) in [6, 6.07) is 8.35. The van der Waals surface area contributed by atoms with Crippen molar-refractivity contribution < 1.29 is 4.74 Å². The van der Waals surface area contributed by atoms with Gasteiger partial charge in [0.15, 0.2) is 0 Å². The van der Waals surface area contributed by atoms with Gasteiger partial charge in [-0.3, -0.25) is 0 Å². The molecule has 19 heavy (non-hydrogen) atoms. The predicted octanol–water partition coefficient (Wildman–Crippen LogP) is 4.59. The van der Waals surface area contributed by atoms with Crippen LogP contribution in [0.3, 0.4) is 0 Å². The molecular weight excluding hydrogens is 258 g/mol. The molecule has 0 amide bonds. The monoisotopic (exact) mass is 283 g/mol. The molecule has 0 aliphatic heterocycles. The summed E-state index contributed by atoms with van der Waals surface area (Å²) in [6.45, 7) is 7.00. The van der Waals surface area contributed by atoms with Crippen molar-refractivity contribution >= 4 is 11.6 Å². The Morgan fingerprint density at radius 1 is 1.16 bits per heavy atom. The molecule has 0 aromatic heterocycles. The molecule has 0 spiro atoms. The quantitative estimate of drug-likeness (QED) is 0.634. The van der Waals surface area contributed by atoms with Crippen LogP contribution in [0, 0.1) is 0 Å². The largest absolute Gasteiger partial charge is 0.381 e. The number of nitrogens with one attached hydrogen (secondary N) is 1. The summed E-state index contributed by atoms with van der Waals surface area (Å²) < 4.78 is 5.66. The van der Waals surface area contributed by atoms with Crippen LogP contribution in [-0.2, 0) is 4.74 Å². The second-order valence-electron chi connectivity index (χ2n) is 4.78. The minimum atomic E-state index is 0.287. The van der Waals surface area contributed by atoms with Crippen LogP contribution in [-0.4, -0.2) is 19.8 Å². The zero-order valence-corrected chi connectivity index (χ0v) is 12.9. The summed E-state index contributed by atoms with van der Waals surface area (Å²) >= 11 is 6.28. The highest BCUT2D eigenvalue weighted by molar-refractivity contribution is 6.31. The maximum Gasteiger partial charge on any atom is 0.0484 e. The van der Waals surface area contributed by atoms with Crippen LogP contribution >= 0.6 is 11.6 Å². The van der Waals surface area contributed by atoms with Crippen molar-refractivity contribution in [3.63, 3.8) is 0 Å². The standard InChI is InChI=1S/C16H26ClNO/c1-3-5-12-19-13-10-16(18-11-4-2)14-8-6-7-9-15(14)17/h6-9,16,18H,3-5,10-13H2,1-2H3. The maximum atomic E-state index is 6.28. The molecule has 1 rings (SSSR count). The molecule has 1 aromatic rings. The Morgan fingerprint density at radius 3 is 2.63 bits per heavy atom. The van der Waals surface area contributed by atoms with E-state index >= 15 is 0 Å². The smallest absolute Gasteiger partial charge is 0.0484 e. The normalized spacial score (nSPS) is 12.6. The summed E-state index contributed by atoms with van der Waals surface area (Å²) in [5, 5.41) is 4.39. The molecule has 1 atom stereocenters. The van der Waals surface area contributed by atoms with Gasteiger partial charge in [-0.05, 0) is 37.4 Å². The molecule has 0 heterocycles. The molecule has 0 radical (unpaired) electrons. The van der Waals surface area contributed by atoms with E-state index in [0.717, 1.165) is 44.0 Å². The minimum absolute atomic E-state index is 0.287. The Morgan fingerprint density at radius 2 is 1.95 bits per heavy atom. The molecule has 0 aliphatic rings. The van der Waals surface area contributed by atoms with Gasteiger partial charge in [0.25, 0.3) is 0 Å². The summed E-state index contributed by atoms with van der Waals surface area (Å²) in [4.78, 5) is 0. The molecular formula is C16H26ClNO. The van der Waals surface area contributed by atoms with E-state index in [0.29, 0.717) is 0 Å². The van der Waals surface area contributed by atoms with E-state index in [-0.39, 0.29) is 6.04 Å². The van der Waals surface area contributed by atoms with Gasteiger partial charge in [0.2, 0.25) is 0 Å². The highest BCUT2D eigenvalue weighted by Gasteiger charge is 2.13. The molecule has 0 bridgehead atoms. The predicted molar refractivity (Wildman–Crippen MR) is 82.8 cm³/mol. The second-order valence-corrected chi connectivity index (χ2v) is 5.19. The van der Waals surface area contributed by atoms with Crippen molar-refractivity contribution in [2.24, 2.45) is 0 Å². The SMILES string of the molecule is CCCCOCCC(NCCC)c1ccccc1Cl. The molecule has 1 unspecified atom stereocenters. The van der Waals surface area contributed by atoms with E-state index in [1.807, 2.05) is 18.2 Å². The number of hydrogen-bond acceptors (Lipinski definition) is 2. The lowest BCUT2D eigenvalue weighted by Crippen LogP contribution is -2.24. The van der Waals surface area contributed by atoms with Crippen LogP contribution in [0.4, 0.5) is 0 Å². The fourth-order valence-corrected chi connectivity index (χ4v) is 2.26. The topological polar surface area (TPSA) is 21.3 Å². The first-order chi connectivity index (χ1) is 9.29. The van der Waals surface area contributed by atoms with Gasteiger partial charge >= 0.3 is 0 Å². The Kier molecular flexibility index (Phi) is 8.89. The number of ether oxygens (including phenoxy) is 1. The van der Waals surface area contributed by atoms with Gasteiger partial charge in [0.1, 0.15) is 0 Å². The fraction of sp³-hybridized carbons (Fsp3) is 0.625. The van der Waals surface area contributed by atoms with Crippen LogP contribution in [0.1, 0.15) is 51.1 Å². The van der Waals surface area contributed by atoms with Crippen LogP contribution in [0.5, 0.6) is 0 Å². The number of rotatable bonds is 10. The van der Waals surface area contributed by atoms with Gasteiger partial charge in [0.05, 0.1) is 0 Å². The van der Waals surface area contributed by atoms with Crippen LogP contribution < -0.4 is 5.32 Å². The van der Waals surface area contributed by atoms with Crippen LogP contribution in [0.25, 0.3) is 0 Å². The van der Waals surface area contributed by atoms with Crippen LogP contribution in [0.2, 0.25) is 5.02 Å². The highest BCUT2D eigenvalue weighted by Crippen LogP contribution is 2.25. The van der Waals surface area contributed by atoms with Crippen molar-refractivity contribution in [3.8, 4) is 0 Å². The van der Waals surface area contributed by atoms with Crippen molar-refractivity contribution in [2.45, 2.75) is 45.6 Å². The maximum absolute atomic E-state index is 6.28. The molecule has 2 nitrogen and oxygen atoms in total. The van der Waals surface area contributed by atoms with Crippen molar-refractivity contribution in [3.05, 3.63) is 34.9 Å². The summed E-state index contributed by atoms with van der Waals surface area (Å²) in [5.74, 6) is 0. The lowest BCUT2D eigenvalue weighted by molar-refractivity contribution is 0.121. The average molecular weight is 284 g/mol. The Balaban J connectivity index is 2.49. The van der Waals surface area contributed by atoms with Gasteiger partial charge in [-0.1, -0.05) is 50.1 Å². The summed E-state index contributed by atoms with van der Waals surface area (Å²) in [5.41, 5.74) is 1.18. The first-order valence-corrected chi connectivity index (χ1v) is 7.73. The molecule has 1 aromatic carbocycles. The zero-order chi connectivity index (χ0) is 13.9. The Bertz CT molecular complexity index is 343. The first kappa shape index (κ1) is 16.5. The Hall–Kier alpha value is -0.570. The van der Waals surface area contributed by atoms with E-state index in [9.17, 15) is 0 Å². The van der Waals surface area contributed by atoms with Crippen molar-refractivity contribution in [2.75, 3.05) is 19.8 Å². The number of hydrogen-bond donors (Lipinski definition) is 1.